The summed E-state index contributed by atoms with van der Waals surface area (Å²) < 4.78 is 22.9. The zero-order chi connectivity index (χ0) is 16.6. The molecule has 1 amide bonds. The third-order valence-electron chi connectivity index (χ3n) is 4.89. The monoisotopic (exact) mass is 333 g/mol. The third kappa shape index (κ3) is 2.74. The van der Waals surface area contributed by atoms with Crippen molar-refractivity contribution in [3.63, 3.8) is 0 Å². The zero-order valence-corrected chi connectivity index (χ0v) is 14.0. The molecule has 0 saturated carbocycles. The lowest BCUT2D eigenvalue weighted by atomic mass is 9.84. The van der Waals surface area contributed by atoms with E-state index in [9.17, 15) is 4.79 Å². The number of nitrogens with zero attached hydrogens (tertiary/aromatic N) is 1. The molecule has 4 rings (SSSR count). The van der Waals surface area contributed by atoms with Gasteiger partial charge in [-0.25, -0.2) is 0 Å². The number of likely N-dealkylation sites (tertiary alicyclic amines) is 1. The van der Waals surface area contributed by atoms with Crippen molar-refractivity contribution in [2.24, 2.45) is 0 Å². The van der Waals surface area contributed by atoms with E-state index >= 15 is 0 Å². The van der Waals surface area contributed by atoms with Crippen LogP contribution in [-0.2, 0) is 9.47 Å². The largest absolute Gasteiger partial charge is 0.486 e. The zero-order valence-electron chi connectivity index (χ0n) is 14.0. The number of carbonyl (C=O) groups excluding carboxylic acids is 1. The molecule has 3 heterocycles. The predicted octanol–water partition coefficient (Wildman–Crippen LogP) is 1.87. The number of rotatable bonds is 3. The van der Waals surface area contributed by atoms with Crippen LogP contribution in [0.3, 0.4) is 0 Å². The van der Waals surface area contributed by atoms with Gasteiger partial charge in [-0.2, -0.15) is 0 Å². The maximum Gasteiger partial charge on any atom is 0.257 e. The summed E-state index contributed by atoms with van der Waals surface area (Å²) in [6.45, 7) is 5.64. The predicted molar refractivity (Wildman–Crippen MR) is 86.7 cm³/mol. The lowest BCUT2D eigenvalue weighted by molar-refractivity contribution is -0.185. The Morgan fingerprint density at radius 2 is 2.12 bits per heavy atom. The number of amides is 1. The van der Waals surface area contributed by atoms with Crippen molar-refractivity contribution in [1.82, 2.24) is 4.90 Å². The highest BCUT2D eigenvalue weighted by Crippen LogP contribution is 2.39. The molecule has 3 aliphatic rings. The van der Waals surface area contributed by atoms with Crippen molar-refractivity contribution in [3.8, 4) is 11.5 Å². The Morgan fingerprint density at radius 3 is 2.96 bits per heavy atom. The van der Waals surface area contributed by atoms with E-state index < -0.39 is 0 Å². The van der Waals surface area contributed by atoms with Gasteiger partial charge in [0.1, 0.15) is 18.8 Å². The summed E-state index contributed by atoms with van der Waals surface area (Å²) in [6, 6.07) is 5.46. The van der Waals surface area contributed by atoms with Crippen molar-refractivity contribution in [2.75, 3.05) is 39.5 Å². The second-order valence-corrected chi connectivity index (χ2v) is 6.59. The molecule has 24 heavy (non-hydrogen) atoms. The first-order valence-corrected chi connectivity index (χ1v) is 8.64. The molecule has 130 valence electrons. The normalized spacial score (nSPS) is 24.5. The van der Waals surface area contributed by atoms with Crippen LogP contribution in [-0.4, -0.2) is 62.0 Å². The van der Waals surface area contributed by atoms with E-state index in [1.54, 1.807) is 6.07 Å². The Bertz CT molecular complexity index is 624. The smallest absolute Gasteiger partial charge is 0.257 e. The third-order valence-corrected chi connectivity index (χ3v) is 4.89. The van der Waals surface area contributed by atoms with Gasteiger partial charge >= 0.3 is 0 Å². The second-order valence-electron chi connectivity index (χ2n) is 6.59. The van der Waals surface area contributed by atoms with Gasteiger partial charge in [0, 0.05) is 19.6 Å². The second kappa shape index (κ2) is 6.26. The average Bonchev–Trinajstić information content (AvgIpc) is 2.59. The summed E-state index contributed by atoms with van der Waals surface area (Å²) in [7, 11) is 0. The molecule has 2 fully saturated rings. The summed E-state index contributed by atoms with van der Waals surface area (Å²) in [5.41, 5.74) is 0.333. The minimum atomic E-state index is -0.236. The molecule has 1 aromatic rings. The Labute approximate surface area is 141 Å². The number of benzene rings is 1. The number of fused-ring (bicyclic) bond motifs is 1. The Balaban J connectivity index is 1.45. The van der Waals surface area contributed by atoms with Crippen LogP contribution >= 0.6 is 0 Å². The van der Waals surface area contributed by atoms with E-state index in [4.69, 9.17) is 18.9 Å². The quantitative estimate of drug-likeness (QED) is 0.845. The Kier molecular flexibility index (Phi) is 4.10. The summed E-state index contributed by atoms with van der Waals surface area (Å²) in [4.78, 5) is 14.7. The van der Waals surface area contributed by atoms with E-state index in [-0.39, 0.29) is 17.6 Å². The maximum atomic E-state index is 12.8. The molecular weight excluding hydrogens is 310 g/mol. The molecule has 1 spiro atoms. The van der Waals surface area contributed by atoms with Crippen molar-refractivity contribution in [1.29, 1.82) is 0 Å². The van der Waals surface area contributed by atoms with Crippen LogP contribution < -0.4 is 9.47 Å². The Hall–Kier alpha value is -1.79. The highest BCUT2D eigenvalue weighted by molar-refractivity contribution is 5.98. The first-order valence-electron chi connectivity index (χ1n) is 8.64. The van der Waals surface area contributed by atoms with Crippen LogP contribution in [0, 0.1) is 0 Å². The van der Waals surface area contributed by atoms with Crippen LogP contribution in [0.25, 0.3) is 0 Å². The van der Waals surface area contributed by atoms with Crippen LogP contribution in [0.2, 0.25) is 0 Å². The molecule has 0 aromatic heterocycles. The molecule has 0 N–H and O–H groups in total. The van der Waals surface area contributed by atoms with Gasteiger partial charge in [0.25, 0.3) is 5.91 Å². The fourth-order valence-corrected chi connectivity index (χ4v) is 3.79. The van der Waals surface area contributed by atoms with Gasteiger partial charge in [0.15, 0.2) is 11.5 Å². The lowest BCUT2D eigenvalue weighted by Gasteiger charge is -2.53. The van der Waals surface area contributed by atoms with Crippen LogP contribution in [0.5, 0.6) is 11.5 Å². The van der Waals surface area contributed by atoms with E-state index in [1.807, 2.05) is 24.0 Å². The summed E-state index contributed by atoms with van der Waals surface area (Å²) in [5, 5.41) is 0. The van der Waals surface area contributed by atoms with Gasteiger partial charge in [-0.15, -0.1) is 0 Å². The SMILES string of the molecule is CCO[C@@H]1CCOC2(C1)CN(C(=O)c1cccc3c1OCCO3)C2. The number of hydrogen-bond acceptors (Lipinski definition) is 5. The highest BCUT2D eigenvalue weighted by atomic mass is 16.6. The number of ether oxygens (including phenoxy) is 4. The molecule has 3 aliphatic heterocycles. The highest BCUT2D eigenvalue weighted by Gasteiger charge is 2.50. The topological polar surface area (TPSA) is 57.2 Å². The van der Waals surface area contributed by atoms with Gasteiger partial charge in [0.05, 0.1) is 24.8 Å². The molecule has 0 aliphatic carbocycles. The van der Waals surface area contributed by atoms with Crippen LogP contribution in [0.4, 0.5) is 0 Å². The average molecular weight is 333 g/mol. The minimum absolute atomic E-state index is 0.0230. The van der Waals surface area contributed by atoms with Crippen LogP contribution in [0.1, 0.15) is 30.1 Å². The molecule has 2 saturated heterocycles. The summed E-state index contributed by atoms with van der Waals surface area (Å²) in [5.74, 6) is 1.18. The molecule has 6 heteroatoms. The molecule has 1 aromatic carbocycles. The van der Waals surface area contributed by atoms with Gasteiger partial charge in [-0.1, -0.05) is 6.07 Å². The fraction of sp³-hybridized carbons (Fsp3) is 0.611. The molecule has 6 nitrogen and oxygen atoms in total. The first kappa shape index (κ1) is 15.7. The van der Waals surface area contributed by atoms with Crippen molar-refractivity contribution >= 4 is 5.91 Å². The lowest BCUT2D eigenvalue weighted by Crippen LogP contribution is -2.67. The van der Waals surface area contributed by atoms with Gasteiger partial charge in [0.2, 0.25) is 0 Å². The molecule has 0 unspecified atom stereocenters. The van der Waals surface area contributed by atoms with E-state index in [1.165, 1.54) is 0 Å². The van der Waals surface area contributed by atoms with E-state index in [2.05, 4.69) is 0 Å². The number of para-hydroxylation sites is 1. The van der Waals surface area contributed by atoms with Crippen molar-refractivity contribution in [3.05, 3.63) is 23.8 Å². The molecule has 0 radical (unpaired) electrons. The van der Waals surface area contributed by atoms with Gasteiger partial charge < -0.3 is 23.8 Å². The number of carbonyl (C=O) groups is 1. The Morgan fingerprint density at radius 1 is 1.29 bits per heavy atom. The van der Waals surface area contributed by atoms with Gasteiger partial charge in [-0.3, -0.25) is 4.79 Å². The minimum Gasteiger partial charge on any atom is -0.486 e. The standard InChI is InChI=1S/C18H23NO5/c1-2-21-13-6-7-24-18(10-13)11-19(12-18)17(20)14-4-3-5-15-16(14)23-9-8-22-15/h3-5,13H,2,6-12H2,1H3/t13-/m1/s1. The van der Waals surface area contributed by atoms with Crippen LogP contribution in [0.15, 0.2) is 18.2 Å². The first-order chi connectivity index (χ1) is 11.7. The molecular formula is C18H23NO5. The van der Waals surface area contributed by atoms with E-state index in [0.29, 0.717) is 50.0 Å². The van der Waals surface area contributed by atoms with Gasteiger partial charge in [-0.05, 0) is 25.5 Å². The van der Waals surface area contributed by atoms with Crippen molar-refractivity contribution < 1.29 is 23.7 Å². The maximum absolute atomic E-state index is 12.8. The summed E-state index contributed by atoms with van der Waals surface area (Å²) >= 11 is 0. The fourth-order valence-electron chi connectivity index (χ4n) is 3.79. The molecule has 1 atom stereocenters. The summed E-state index contributed by atoms with van der Waals surface area (Å²) in [6.07, 6.45) is 2.03. The van der Waals surface area contributed by atoms with Crippen molar-refractivity contribution in [2.45, 2.75) is 31.5 Å². The van der Waals surface area contributed by atoms with E-state index in [0.717, 1.165) is 19.4 Å². The molecule has 0 bridgehead atoms. The number of hydrogen-bond donors (Lipinski definition) is 0.